The van der Waals surface area contributed by atoms with E-state index >= 15 is 0 Å². The van der Waals surface area contributed by atoms with Gasteiger partial charge in [-0.05, 0) is 87.0 Å². The van der Waals surface area contributed by atoms with E-state index in [1.165, 1.54) is 23.1 Å². The molecule has 0 heterocycles. The Morgan fingerprint density at radius 2 is 1.76 bits per heavy atom. The summed E-state index contributed by atoms with van der Waals surface area (Å²) in [6, 6.07) is 16.9. The first-order chi connectivity index (χ1) is 16.0. The average molecular weight is 450 g/mol. The highest BCUT2D eigenvalue weighted by atomic mass is 16.6. The number of carbonyl (C=O) groups excluding carboxylic acids is 1. The van der Waals surface area contributed by atoms with Crippen molar-refractivity contribution in [1.82, 2.24) is 4.90 Å². The minimum atomic E-state index is -0.407. The number of esters is 1. The number of benzene rings is 2. The minimum absolute atomic E-state index is 0.149. The van der Waals surface area contributed by atoms with Gasteiger partial charge in [0.2, 0.25) is 0 Å². The van der Waals surface area contributed by atoms with E-state index in [1.54, 1.807) is 6.92 Å². The molecule has 4 nitrogen and oxygen atoms in total. The van der Waals surface area contributed by atoms with E-state index in [1.807, 2.05) is 18.2 Å². The Morgan fingerprint density at radius 1 is 1.00 bits per heavy atom. The van der Waals surface area contributed by atoms with Crippen LogP contribution in [0.2, 0.25) is 0 Å². The average Bonchev–Trinajstić information content (AvgIpc) is 2.83. The highest BCUT2D eigenvalue weighted by Crippen LogP contribution is 2.57. The number of carbonyl (C=O) groups is 1. The van der Waals surface area contributed by atoms with Gasteiger partial charge in [-0.25, -0.2) is 0 Å². The Labute approximate surface area is 199 Å². The topological polar surface area (TPSA) is 38.8 Å². The van der Waals surface area contributed by atoms with Gasteiger partial charge in [0, 0.05) is 12.3 Å². The number of hydrogen-bond acceptors (Lipinski definition) is 4. The smallest absolute Gasteiger partial charge is 0.303 e. The number of hydrogen-bond donors (Lipinski definition) is 0. The molecule has 1 fully saturated rings. The molecule has 4 rings (SSSR count). The first-order valence-electron chi connectivity index (χ1n) is 12.7. The lowest BCUT2D eigenvalue weighted by Gasteiger charge is -2.56. The van der Waals surface area contributed by atoms with Gasteiger partial charge in [-0.1, -0.05) is 56.7 Å². The maximum atomic E-state index is 12.3. The molecule has 2 aromatic carbocycles. The Morgan fingerprint density at radius 3 is 2.48 bits per heavy atom. The monoisotopic (exact) mass is 449 g/mol. The van der Waals surface area contributed by atoms with E-state index < -0.39 is 5.60 Å². The first kappa shape index (κ1) is 23.8. The summed E-state index contributed by atoms with van der Waals surface area (Å²) in [4.78, 5) is 14.8. The van der Waals surface area contributed by atoms with Crippen molar-refractivity contribution in [3.8, 4) is 5.75 Å². The molecule has 0 unspecified atom stereocenters. The summed E-state index contributed by atoms with van der Waals surface area (Å²) in [5, 5.41) is 0. The Balaban J connectivity index is 1.71. The summed E-state index contributed by atoms with van der Waals surface area (Å²) in [6.45, 7) is 9.69. The van der Waals surface area contributed by atoms with E-state index in [0.29, 0.717) is 6.61 Å². The fraction of sp³-hybridized carbons (Fsp3) is 0.552. The zero-order valence-electron chi connectivity index (χ0n) is 20.6. The van der Waals surface area contributed by atoms with Crippen LogP contribution < -0.4 is 4.74 Å². The second-order valence-corrected chi connectivity index (χ2v) is 9.75. The van der Waals surface area contributed by atoms with Gasteiger partial charge in [-0.3, -0.25) is 4.79 Å². The second kappa shape index (κ2) is 10.3. The zero-order valence-corrected chi connectivity index (χ0v) is 20.6. The van der Waals surface area contributed by atoms with Crippen molar-refractivity contribution in [3.63, 3.8) is 0 Å². The van der Waals surface area contributed by atoms with Crippen LogP contribution in [0.25, 0.3) is 0 Å². The van der Waals surface area contributed by atoms with Gasteiger partial charge in [0.05, 0.1) is 0 Å². The Hall–Kier alpha value is -2.33. The van der Waals surface area contributed by atoms with Crippen LogP contribution in [-0.4, -0.2) is 36.1 Å². The normalized spacial score (nSPS) is 24.1. The van der Waals surface area contributed by atoms with Crippen molar-refractivity contribution in [2.24, 2.45) is 0 Å². The number of fused-ring (bicyclic) bond motifs is 3. The van der Waals surface area contributed by atoms with Crippen molar-refractivity contribution in [3.05, 3.63) is 65.2 Å². The fourth-order valence-corrected chi connectivity index (χ4v) is 6.29. The standard InChI is InChI=1S/C29H39NO3/c1-4-30(5-2)20-19-28-16-9-10-17-29(28,33-23(3)31)18-15-25-13-14-26(21-27(25)28)32-22-24-11-7-6-8-12-24/h6-8,11-14,21H,4-5,9-10,15-20,22H2,1-3H3/t28-,29+/m0/s1. The van der Waals surface area contributed by atoms with E-state index in [0.717, 1.165) is 63.9 Å². The quantitative estimate of drug-likeness (QED) is 0.436. The fourth-order valence-electron chi connectivity index (χ4n) is 6.29. The van der Waals surface area contributed by atoms with Crippen LogP contribution in [0.3, 0.4) is 0 Å². The van der Waals surface area contributed by atoms with Crippen LogP contribution in [0.15, 0.2) is 48.5 Å². The third-order valence-electron chi connectivity index (χ3n) is 8.04. The number of aryl methyl sites for hydroxylation is 1. The van der Waals surface area contributed by atoms with E-state index in [2.05, 4.69) is 49.1 Å². The summed E-state index contributed by atoms with van der Waals surface area (Å²) in [7, 11) is 0. The van der Waals surface area contributed by atoms with E-state index in [9.17, 15) is 4.79 Å². The lowest BCUT2D eigenvalue weighted by molar-refractivity contribution is -0.177. The van der Waals surface area contributed by atoms with Crippen molar-refractivity contribution in [2.45, 2.75) is 83.3 Å². The minimum Gasteiger partial charge on any atom is -0.489 e. The molecule has 33 heavy (non-hydrogen) atoms. The van der Waals surface area contributed by atoms with Gasteiger partial charge in [0.1, 0.15) is 18.0 Å². The van der Waals surface area contributed by atoms with Gasteiger partial charge in [0.25, 0.3) is 0 Å². The van der Waals surface area contributed by atoms with Gasteiger partial charge in [0.15, 0.2) is 0 Å². The van der Waals surface area contributed by atoms with Crippen LogP contribution in [0.1, 0.15) is 76.0 Å². The molecule has 2 aliphatic rings. The van der Waals surface area contributed by atoms with Crippen LogP contribution >= 0.6 is 0 Å². The Kier molecular flexibility index (Phi) is 7.43. The third kappa shape index (κ3) is 4.82. The molecule has 2 atom stereocenters. The van der Waals surface area contributed by atoms with Gasteiger partial charge in [-0.15, -0.1) is 0 Å². The summed E-state index contributed by atoms with van der Waals surface area (Å²) < 4.78 is 12.6. The molecule has 178 valence electrons. The largest absolute Gasteiger partial charge is 0.489 e. The molecule has 0 radical (unpaired) electrons. The molecule has 0 saturated heterocycles. The highest BCUT2D eigenvalue weighted by molar-refractivity contribution is 5.67. The van der Waals surface area contributed by atoms with Gasteiger partial charge >= 0.3 is 5.97 Å². The summed E-state index contributed by atoms with van der Waals surface area (Å²) in [5.74, 6) is 0.757. The summed E-state index contributed by atoms with van der Waals surface area (Å²) >= 11 is 0. The lowest BCUT2D eigenvalue weighted by atomic mass is 9.53. The van der Waals surface area contributed by atoms with E-state index in [-0.39, 0.29) is 11.4 Å². The molecular formula is C29H39NO3. The molecule has 2 aromatic rings. The number of nitrogens with zero attached hydrogens (tertiary/aromatic N) is 1. The molecule has 1 saturated carbocycles. The van der Waals surface area contributed by atoms with Crippen molar-refractivity contribution >= 4 is 5.97 Å². The van der Waals surface area contributed by atoms with Crippen LogP contribution in [0.4, 0.5) is 0 Å². The second-order valence-electron chi connectivity index (χ2n) is 9.75. The summed E-state index contributed by atoms with van der Waals surface area (Å²) in [5.41, 5.74) is 3.35. The Bertz CT molecular complexity index is 939. The molecule has 0 aliphatic heterocycles. The van der Waals surface area contributed by atoms with Crippen LogP contribution in [0, 0.1) is 0 Å². The van der Waals surface area contributed by atoms with Crippen LogP contribution in [-0.2, 0) is 28.0 Å². The maximum absolute atomic E-state index is 12.3. The highest BCUT2D eigenvalue weighted by Gasteiger charge is 2.58. The van der Waals surface area contributed by atoms with Crippen molar-refractivity contribution < 1.29 is 14.3 Å². The first-order valence-corrected chi connectivity index (χ1v) is 12.7. The third-order valence-corrected chi connectivity index (χ3v) is 8.04. The maximum Gasteiger partial charge on any atom is 0.303 e. The molecular weight excluding hydrogens is 410 g/mol. The molecule has 0 spiro atoms. The molecule has 0 N–H and O–H groups in total. The molecule has 0 bridgehead atoms. The molecule has 4 heteroatoms. The predicted molar refractivity (Wildman–Crippen MR) is 133 cm³/mol. The molecule has 2 aliphatic carbocycles. The van der Waals surface area contributed by atoms with Crippen LogP contribution in [0.5, 0.6) is 5.75 Å². The van der Waals surface area contributed by atoms with Gasteiger partial charge < -0.3 is 14.4 Å². The van der Waals surface area contributed by atoms with Crippen molar-refractivity contribution in [2.75, 3.05) is 19.6 Å². The SMILES string of the molecule is CCN(CC)CC[C@]12CCCC[C@@]1(OC(C)=O)CCc1ccc(OCc3ccccc3)cc12. The predicted octanol–water partition coefficient (Wildman–Crippen LogP) is 6.06. The van der Waals surface area contributed by atoms with E-state index in [4.69, 9.17) is 9.47 Å². The molecule has 0 aromatic heterocycles. The zero-order chi connectivity index (χ0) is 23.3. The van der Waals surface area contributed by atoms with Crippen molar-refractivity contribution in [1.29, 1.82) is 0 Å². The molecule has 0 amide bonds. The van der Waals surface area contributed by atoms with Gasteiger partial charge in [-0.2, -0.15) is 0 Å². The lowest BCUT2D eigenvalue weighted by Crippen LogP contribution is -2.59. The summed E-state index contributed by atoms with van der Waals surface area (Å²) in [6.07, 6.45) is 7.21. The number of ether oxygens (including phenoxy) is 2. The number of rotatable bonds is 9.